The summed E-state index contributed by atoms with van der Waals surface area (Å²) in [6, 6.07) is 9.19. The quantitative estimate of drug-likeness (QED) is 0.643. The fourth-order valence-corrected chi connectivity index (χ4v) is 5.52. The molecule has 0 unspecified atom stereocenters. The van der Waals surface area contributed by atoms with Crippen molar-refractivity contribution in [3.8, 4) is 5.75 Å². The van der Waals surface area contributed by atoms with Gasteiger partial charge < -0.3 is 14.9 Å². The van der Waals surface area contributed by atoms with Crippen molar-refractivity contribution in [3.63, 3.8) is 0 Å². The zero-order valence-electron chi connectivity index (χ0n) is 20.0. The van der Waals surface area contributed by atoms with Crippen LogP contribution in [0.4, 0.5) is 5.69 Å². The number of carbonyl (C=O) groups is 1. The summed E-state index contributed by atoms with van der Waals surface area (Å²) in [6.45, 7) is 5.79. The Balaban J connectivity index is 1.16. The van der Waals surface area contributed by atoms with E-state index in [-0.39, 0.29) is 23.3 Å². The van der Waals surface area contributed by atoms with Crippen molar-refractivity contribution >= 4 is 22.6 Å². The molecular weight excluding hydrogens is 430 g/mol. The number of aryl methyl sites for hydroxylation is 2. The van der Waals surface area contributed by atoms with Crippen molar-refractivity contribution in [3.05, 3.63) is 52.7 Å². The van der Waals surface area contributed by atoms with Crippen LogP contribution in [-0.4, -0.2) is 56.2 Å². The van der Waals surface area contributed by atoms with E-state index in [1.54, 1.807) is 34.4 Å². The number of aromatic nitrogens is 3. The van der Waals surface area contributed by atoms with Gasteiger partial charge in [-0.15, -0.1) is 0 Å². The molecule has 5 rings (SSSR count). The van der Waals surface area contributed by atoms with Crippen LogP contribution in [0, 0.1) is 18.8 Å². The molecule has 0 radical (unpaired) electrons. The van der Waals surface area contributed by atoms with E-state index in [0.717, 1.165) is 74.3 Å². The summed E-state index contributed by atoms with van der Waals surface area (Å²) in [4.78, 5) is 34.7. The first-order valence-electron chi connectivity index (χ1n) is 12.3. The number of carbonyl (C=O) groups excluding carboxylic acids is 1. The lowest BCUT2D eigenvalue weighted by Gasteiger charge is -2.38. The standard InChI is InChI=1S/C26H33N5O3/c1-18-3-8-21(16-27-18)29-11-13-30(14-12-29)25(33)20-6-4-19(5-7-20)17-31-24-15-22(32)9-10-23(24)28(2)26(31)34/h3,8-10,15-16,19-20,32H,4-7,11-14,17H2,1-2H3. The number of nitrogens with zero attached hydrogens (tertiary/aromatic N) is 5. The largest absolute Gasteiger partial charge is 0.508 e. The number of imidazole rings is 1. The summed E-state index contributed by atoms with van der Waals surface area (Å²) in [6.07, 6.45) is 5.53. The Kier molecular flexibility index (Phi) is 6.06. The highest BCUT2D eigenvalue weighted by Gasteiger charge is 2.31. The molecule has 1 aliphatic heterocycles. The molecule has 1 aromatic carbocycles. The van der Waals surface area contributed by atoms with Crippen LogP contribution < -0.4 is 10.6 Å². The highest BCUT2D eigenvalue weighted by Crippen LogP contribution is 2.32. The zero-order chi connectivity index (χ0) is 23.8. The molecule has 1 saturated carbocycles. The van der Waals surface area contributed by atoms with Gasteiger partial charge in [-0.3, -0.25) is 18.9 Å². The molecule has 0 spiro atoms. The molecule has 2 aromatic heterocycles. The fraction of sp³-hybridized carbons (Fsp3) is 0.500. The number of hydrogen-bond acceptors (Lipinski definition) is 5. The van der Waals surface area contributed by atoms with Gasteiger partial charge in [-0.25, -0.2) is 4.79 Å². The lowest BCUT2D eigenvalue weighted by atomic mass is 9.81. The van der Waals surface area contributed by atoms with E-state index in [4.69, 9.17) is 0 Å². The second-order valence-corrected chi connectivity index (χ2v) is 9.81. The SMILES string of the molecule is Cc1ccc(N2CCN(C(=O)C3CCC(Cn4c(=O)n(C)c5ccc(O)cc54)CC3)CC2)cn1. The molecule has 2 aliphatic rings. The van der Waals surface area contributed by atoms with Crippen LogP contribution in [0.15, 0.2) is 41.3 Å². The number of phenolic OH excluding ortho intramolecular Hbond substituents is 1. The molecule has 2 fully saturated rings. The van der Waals surface area contributed by atoms with Gasteiger partial charge in [0.2, 0.25) is 5.91 Å². The van der Waals surface area contributed by atoms with Crippen molar-refractivity contribution < 1.29 is 9.90 Å². The molecule has 3 aromatic rings. The van der Waals surface area contributed by atoms with Crippen LogP contribution in [0.2, 0.25) is 0 Å². The molecule has 1 amide bonds. The van der Waals surface area contributed by atoms with Gasteiger partial charge in [-0.1, -0.05) is 0 Å². The summed E-state index contributed by atoms with van der Waals surface area (Å²) >= 11 is 0. The van der Waals surface area contributed by atoms with Gasteiger partial charge in [0, 0.05) is 57.4 Å². The van der Waals surface area contributed by atoms with E-state index >= 15 is 0 Å². The molecular formula is C26H33N5O3. The average Bonchev–Trinajstić information content (AvgIpc) is 3.09. The zero-order valence-corrected chi connectivity index (χ0v) is 20.0. The van der Waals surface area contributed by atoms with Gasteiger partial charge >= 0.3 is 5.69 Å². The molecule has 0 atom stereocenters. The molecule has 34 heavy (non-hydrogen) atoms. The van der Waals surface area contributed by atoms with Crippen LogP contribution in [0.1, 0.15) is 31.4 Å². The van der Waals surface area contributed by atoms with Crippen molar-refractivity contribution in [2.24, 2.45) is 18.9 Å². The highest BCUT2D eigenvalue weighted by molar-refractivity contribution is 5.79. The Labute approximate surface area is 199 Å². The summed E-state index contributed by atoms with van der Waals surface area (Å²) in [5.74, 6) is 0.894. The third-order valence-electron chi connectivity index (χ3n) is 7.62. The molecule has 8 nitrogen and oxygen atoms in total. The Morgan fingerprint density at radius 2 is 1.76 bits per heavy atom. The molecule has 3 heterocycles. The number of anilines is 1. The Bertz CT molecular complexity index is 1230. The van der Waals surface area contributed by atoms with Crippen LogP contribution in [0.25, 0.3) is 11.0 Å². The van der Waals surface area contributed by atoms with E-state index in [1.807, 2.05) is 24.1 Å². The summed E-state index contributed by atoms with van der Waals surface area (Å²) in [7, 11) is 1.77. The molecule has 0 bridgehead atoms. The van der Waals surface area contributed by atoms with Gasteiger partial charge in [-0.2, -0.15) is 0 Å². The maximum atomic E-state index is 13.2. The summed E-state index contributed by atoms with van der Waals surface area (Å²) in [5.41, 5.74) is 3.67. The Hall–Kier alpha value is -3.29. The molecule has 1 aliphatic carbocycles. The second kappa shape index (κ2) is 9.16. The normalized spacial score (nSPS) is 21.2. The van der Waals surface area contributed by atoms with Crippen molar-refractivity contribution in [1.82, 2.24) is 19.0 Å². The highest BCUT2D eigenvalue weighted by atomic mass is 16.3. The van der Waals surface area contributed by atoms with E-state index in [9.17, 15) is 14.7 Å². The van der Waals surface area contributed by atoms with Crippen LogP contribution >= 0.6 is 0 Å². The van der Waals surface area contributed by atoms with Gasteiger partial charge in [0.15, 0.2) is 0 Å². The smallest absolute Gasteiger partial charge is 0.328 e. The number of amides is 1. The lowest BCUT2D eigenvalue weighted by molar-refractivity contribution is -0.137. The number of pyridine rings is 1. The number of benzene rings is 1. The fourth-order valence-electron chi connectivity index (χ4n) is 5.52. The lowest BCUT2D eigenvalue weighted by Crippen LogP contribution is -2.50. The van der Waals surface area contributed by atoms with E-state index in [1.165, 1.54) is 0 Å². The molecule has 1 N–H and O–H groups in total. The Morgan fingerprint density at radius 3 is 2.44 bits per heavy atom. The van der Waals surface area contributed by atoms with Crippen LogP contribution in [-0.2, 0) is 18.4 Å². The predicted molar refractivity (Wildman–Crippen MR) is 132 cm³/mol. The van der Waals surface area contributed by atoms with E-state index in [0.29, 0.717) is 12.5 Å². The third kappa shape index (κ3) is 4.29. The second-order valence-electron chi connectivity index (χ2n) is 9.81. The minimum absolute atomic E-state index is 0.0551. The maximum absolute atomic E-state index is 13.2. The van der Waals surface area contributed by atoms with Gasteiger partial charge in [0.25, 0.3) is 0 Å². The monoisotopic (exact) mass is 463 g/mol. The number of piperazine rings is 1. The number of aromatic hydroxyl groups is 1. The van der Waals surface area contributed by atoms with Crippen molar-refractivity contribution in [1.29, 1.82) is 0 Å². The first-order chi connectivity index (χ1) is 16.4. The molecule has 1 saturated heterocycles. The van der Waals surface area contributed by atoms with Crippen LogP contribution in [0.5, 0.6) is 5.75 Å². The number of fused-ring (bicyclic) bond motifs is 1. The predicted octanol–water partition coefficient (Wildman–Crippen LogP) is 2.90. The first kappa shape index (κ1) is 22.5. The van der Waals surface area contributed by atoms with Crippen molar-refractivity contribution in [2.75, 3.05) is 31.1 Å². The maximum Gasteiger partial charge on any atom is 0.328 e. The first-order valence-corrected chi connectivity index (χ1v) is 12.3. The van der Waals surface area contributed by atoms with Crippen molar-refractivity contribution in [2.45, 2.75) is 39.2 Å². The van der Waals surface area contributed by atoms with E-state index < -0.39 is 0 Å². The summed E-state index contributed by atoms with van der Waals surface area (Å²) < 4.78 is 3.41. The average molecular weight is 464 g/mol. The summed E-state index contributed by atoms with van der Waals surface area (Å²) in [5, 5.41) is 9.90. The number of phenols is 1. The van der Waals surface area contributed by atoms with E-state index in [2.05, 4.69) is 16.0 Å². The minimum Gasteiger partial charge on any atom is -0.508 e. The third-order valence-corrected chi connectivity index (χ3v) is 7.62. The van der Waals surface area contributed by atoms with Gasteiger partial charge in [0.05, 0.1) is 22.9 Å². The topological polar surface area (TPSA) is 83.6 Å². The number of hydrogen-bond donors (Lipinski definition) is 1. The Morgan fingerprint density at radius 1 is 1.03 bits per heavy atom. The minimum atomic E-state index is -0.0551. The van der Waals surface area contributed by atoms with Crippen LogP contribution in [0.3, 0.4) is 0 Å². The van der Waals surface area contributed by atoms with Gasteiger partial charge in [0.1, 0.15) is 5.75 Å². The molecule has 180 valence electrons. The van der Waals surface area contributed by atoms with Gasteiger partial charge in [-0.05, 0) is 62.8 Å². The molecule has 8 heteroatoms. The number of rotatable bonds is 4.